The largest absolute Gasteiger partial charge is 0.490 e. The third kappa shape index (κ3) is 6.66. The molecule has 1 aromatic carbocycles. The number of nitrogens with zero attached hydrogens (tertiary/aromatic N) is 1. The third-order valence-corrected chi connectivity index (χ3v) is 4.50. The summed E-state index contributed by atoms with van der Waals surface area (Å²) in [4.78, 5) is 25.1. The van der Waals surface area contributed by atoms with Crippen molar-refractivity contribution in [1.82, 2.24) is 4.90 Å². The molecule has 152 valence electrons. The summed E-state index contributed by atoms with van der Waals surface area (Å²) in [5.74, 6) is -0.289. The smallest absolute Gasteiger partial charge is 0.302 e. The van der Waals surface area contributed by atoms with Gasteiger partial charge in [0.15, 0.2) is 0 Å². The fourth-order valence-electron chi connectivity index (χ4n) is 2.82. The number of halogens is 2. The second-order valence-corrected chi connectivity index (χ2v) is 6.94. The van der Waals surface area contributed by atoms with Crippen LogP contribution in [-0.2, 0) is 20.9 Å². The van der Waals surface area contributed by atoms with Crippen LogP contribution >= 0.6 is 12.4 Å². The molecule has 0 saturated carbocycles. The number of esters is 1. The molecule has 1 fully saturated rings. The molecule has 0 aliphatic carbocycles. The summed E-state index contributed by atoms with van der Waals surface area (Å²) in [5, 5.41) is 0. The van der Waals surface area contributed by atoms with Crippen molar-refractivity contribution >= 4 is 24.3 Å². The zero-order valence-corrected chi connectivity index (χ0v) is 16.8. The van der Waals surface area contributed by atoms with Gasteiger partial charge >= 0.3 is 5.97 Å². The number of ether oxygens (including phenoxy) is 2. The van der Waals surface area contributed by atoms with Crippen molar-refractivity contribution in [3.63, 3.8) is 0 Å². The number of hydrogen-bond donors (Lipinski definition) is 1. The summed E-state index contributed by atoms with van der Waals surface area (Å²) in [6, 6.07) is 3.67. The van der Waals surface area contributed by atoms with E-state index in [-0.39, 0.29) is 36.9 Å². The molecule has 0 unspecified atom stereocenters. The van der Waals surface area contributed by atoms with Gasteiger partial charge in [-0.15, -0.1) is 12.4 Å². The van der Waals surface area contributed by atoms with Crippen LogP contribution in [0.4, 0.5) is 4.39 Å². The van der Waals surface area contributed by atoms with E-state index in [2.05, 4.69) is 0 Å². The first-order chi connectivity index (χ1) is 12.3. The maximum atomic E-state index is 13.5. The van der Waals surface area contributed by atoms with Gasteiger partial charge in [0, 0.05) is 38.4 Å². The summed E-state index contributed by atoms with van der Waals surface area (Å²) in [6.07, 6.45) is 1.25. The van der Waals surface area contributed by atoms with Gasteiger partial charge < -0.3 is 20.1 Å². The molecule has 2 rings (SSSR count). The van der Waals surface area contributed by atoms with Crippen LogP contribution in [0.1, 0.15) is 39.2 Å². The Labute approximate surface area is 165 Å². The lowest BCUT2D eigenvalue weighted by Crippen LogP contribution is -2.50. The van der Waals surface area contributed by atoms with Gasteiger partial charge in [-0.2, -0.15) is 0 Å². The molecule has 27 heavy (non-hydrogen) atoms. The molecule has 0 aromatic heterocycles. The predicted molar refractivity (Wildman–Crippen MR) is 102 cm³/mol. The molecule has 1 aliphatic heterocycles. The summed E-state index contributed by atoms with van der Waals surface area (Å²) < 4.78 is 24.4. The first kappa shape index (κ1) is 23.2. The van der Waals surface area contributed by atoms with Crippen LogP contribution in [0.15, 0.2) is 18.2 Å². The van der Waals surface area contributed by atoms with Crippen molar-refractivity contribution < 1.29 is 23.5 Å². The molecule has 1 amide bonds. The van der Waals surface area contributed by atoms with Crippen LogP contribution < -0.4 is 10.5 Å². The Hall–Kier alpha value is -1.86. The van der Waals surface area contributed by atoms with Gasteiger partial charge in [0.2, 0.25) is 5.91 Å². The van der Waals surface area contributed by atoms with Gasteiger partial charge in [0.1, 0.15) is 24.3 Å². The lowest BCUT2D eigenvalue weighted by atomic mass is 10.0. The molecular formula is C19H28ClFN2O4. The summed E-state index contributed by atoms with van der Waals surface area (Å²) in [6.45, 7) is 6.27. The van der Waals surface area contributed by atoms with E-state index in [0.29, 0.717) is 37.2 Å². The Morgan fingerprint density at radius 1 is 1.30 bits per heavy atom. The van der Waals surface area contributed by atoms with E-state index in [9.17, 15) is 14.0 Å². The highest BCUT2D eigenvalue weighted by molar-refractivity contribution is 5.85. The Bertz CT molecular complexity index is 649. The fraction of sp³-hybridized carbons (Fsp3) is 0.579. The molecule has 0 spiro atoms. The Morgan fingerprint density at radius 2 is 1.93 bits per heavy atom. The summed E-state index contributed by atoms with van der Waals surface area (Å²) in [5.41, 5.74) is 6.43. The van der Waals surface area contributed by atoms with Gasteiger partial charge in [-0.1, -0.05) is 13.8 Å². The topological polar surface area (TPSA) is 81.9 Å². The van der Waals surface area contributed by atoms with Gasteiger partial charge in [0.25, 0.3) is 0 Å². The first-order valence-electron chi connectivity index (χ1n) is 8.90. The lowest BCUT2D eigenvalue weighted by molar-refractivity contribution is -0.142. The second-order valence-electron chi connectivity index (χ2n) is 6.94. The molecule has 0 radical (unpaired) electrons. The molecule has 1 saturated heterocycles. The lowest BCUT2D eigenvalue weighted by Gasteiger charge is -2.34. The summed E-state index contributed by atoms with van der Waals surface area (Å²) in [7, 11) is 0. The van der Waals surface area contributed by atoms with E-state index < -0.39 is 17.8 Å². The molecule has 1 atom stereocenters. The minimum Gasteiger partial charge on any atom is -0.490 e. The molecule has 0 bridgehead atoms. The third-order valence-electron chi connectivity index (χ3n) is 4.50. The van der Waals surface area contributed by atoms with E-state index in [1.165, 1.54) is 19.1 Å². The van der Waals surface area contributed by atoms with E-state index in [1.54, 1.807) is 11.0 Å². The van der Waals surface area contributed by atoms with E-state index >= 15 is 0 Å². The molecule has 6 nitrogen and oxygen atoms in total. The predicted octanol–water partition coefficient (Wildman–Crippen LogP) is 2.66. The van der Waals surface area contributed by atoms with Crippen LogP contribution in [0.25, 0.3) is 0 Å². The van der Waals surface area contributed by atoms with Crippen molar-refractivity contribution in [2.24, 2.45) is 11.7 Å². The highest BCUT2D eigenvalue weighted by Gasteiger charge is 2.28. The van der Waals surface area contributed by atoms with Gasteiger partial charge in [0.05, 0.1) is 6.04 Å². The number of piperidine rings is 1. The van der Waals surface area contributed by atoms with Crippen LogP contribution in [0.2, 0.25) is 0 Å². The molecule has 1 heterocycles. The number of amides is 1. The minimum atomic E-state index is -0.486. The van der Waals surface area contributed by atoms with E-state index in [0.717, 1.165) is 0 Å². The maximum absolute atomic E-state index is 13.5. The number of carbonyl (C=O) groups is 2. The minimum absolute atomic E-state index is 0. The second kappa shape index (κ2) is 10.5. The van der Waals surface area contributed by atoms with Gasteiger partial charge in [-0.05, 0) is 24.1 Å². The van der Waals surface area contributed by atoms with Crippen molar-refractivity contribution in [3.05, 3.63) is 29.6 Å². The Kier molecular flexibility index (Phi) is 8.99. The fourth-order valence-corrected chi connectivity index (χ4v) is 2.82. The molecule has 1 aromatic rings. The van der Waals surface area contributed by atoms with Crippen LogP contribution in [0, 0.1) is 11.7 Å². The highest BCUT2D eigenvalue weighted by atomic mass is 35.5. The average Bonchev–Trinajstić information content (AvgIpc) is 2.61. The number of carbonyl (C=O) groups excluding carboxylic acids is 2. The highest BCUT2D eigenvalue weighted by Crippen LogP contribution is 2.25. The van der Waals surface area contributed by atoms with Crippen LogP contribution in [0.5, 0.6) is 5.75 Å². The number of rotatable bonds is 6. The van der Waals surface area contributed by atoms with Gasteiger partial charge in [-0.3, -0.25) is 9.59 Å². The summed E-state index contributed by atoms with van der Waals surface area (Å²) >= 11 is 0. The number of hydrogen-bond acceptors (Lipinski definition) is 5. The normalized spacial score (nSPS) is 15.9. The maximum Gasteiger partial charge on any atom is 0.302 e. The van der Waals surface area contributed by atoms with Crippen molar-refractivity contribution in [2.45, 2.75) is 52.4 Å². The van der Waals surface area contributed by atoms with Crippen LogP contribution in [0.3, 0.4) is 0 Å². The first-order valence-corrected chi connectivity index (χ1v) is 8.90. The van der Waals surface area contributed by atoms with Crippen LogP contribution in [-0.4, -0.2) is 42.0 Å². The zero-order chi connectivity index (χ0) is 19.3. The Balaban J connectivity index is 0.00000364. The standard InChI is InChI=1S/C19H27FN2O4.ClH/c1-12(2)18(21)19(24)22-8-6-16(7-9-22)26-17-5-4-15(20)10-14(17)11-25-13(3)23;/h4-5,10,12,16,18H,6-9,11,21H2,1-3H3;1H/t18-;/m0./s1. The molecule has 2 N–H and O–H groups in total. The zero-order valence-electron chi connectivity index (χ0n) is 15.9. The van der Waals surface area contributed by atoms with Gasteiger partial charge in [-0.25, -0.2) is 4.39 Å². The number of nitrogens with two attached hydrogens (primary N) is 1. The quantitative estimate of drug-likeness (QED) is 0.740. The SMILES string of the molecule is CC(=O)OCc1cc(F)ccc1OC1CCN(C(=O)[C@@H](N)C(C)C)CC1.Cl. The average molecular weight is 403 g/mol. The number of likely N-dealkylation sites (tertiary alicyclic amines) is 1. The number of benzene rings is 1. The molecule has 1 aliphatic rings. The monoisotopic (exact) mass is 402 g/mol. The molecule has 8 heteroatoms. The van der Waals surface area contributed by atoms with Crippen molar-refractivity contribution in [3.8, 4) is 5.75 Å². The van der Waals surface area contributed by atoms with Crippen molar-refractivity contribution in [2.75, 3.05) is 13.1 Å². The Morgan fingerprint density at radius 3 is 2.48 bits per heavy atom. The molecular weight excluding hydrogens is 375 g/mol. The van der Waals surface area contributed by atoms with Crippen molar-refractivity contribution in [1.29, 1.82) is 0 Å². The van der Waals surface area contributed by atoms with E-state index in [1.807, 2.05) is 13.8 Å². The van der Waals surface area contributed by atoms with E-state index in [4.69, 9.17) is 15.2 Å².